The lowest BCUT2D eigenvalue weighted by molar-refractivity contribution is 0.207. The second-order valence-corrected chi connectivity index (χ2v) is 6.41. The van der Waals surface area contributed by atoms with Crippen molar-refractivity contribution in [2.75, 3.05) is 5.32 Å². The van der Waals surface area contributed by atoms with Crippen LogP contribution in [-0.4, -0.2) is 26.9 Å². The number of aryl methyl sites for hydroxylation is 1. The summed E-state index contributed by atoms with van der Waals surface area (Å²) in [5.74, 6) is 0.762. The largest absolute Gasteiger partial charge is 0.475 e. The van der Waals surface area contributed by atoms with E-state index in [0.717, 1.165) is 30.8 Å². The van der Waals surface area contributed by atoms with Crippen LogP contribution in [0.15, 0.2) is 12.1 Å². The van der Waals surface area contributed by atoms with E-state index in [0.29, 0.717) is 17.1 Å². The van der Waals surface area contributed by atoms with Crippen LogP contribution in [-0.2, 0) is 6.54 Å². The molecule has 1 aliphatic rings. The van der Waals surface area contributed by atoms with Gasteiger partial charge in [0.1, 0.15) is 11.5 Å². The van der Waals surface area contributed by atoms with Crippen LogP contribution >= 0.6 is 0 Å². The molecule has 23 heavy (non-hydrogen) atoms. The second kappa shape index (κ2) is 6.18. The Morgan fingerprint density at radius 2 is 2.17 bits per heavy atom. The molecule has 124 valence electrons. The van der Waals surface area contributed by atoms with Crippen LogP contribution in [0.5, 0.6) is 5.88 Å². The van der Waals surface area contributed by atoms with Crippen LogP contribution in [0.2, 0.25) is 0 Å². The number of nitrogens with zero attached hydrogens (tertiary/aromatic N) is 3. The average molecular weight is 318 g/mol. The molecule has 0 saturated heterocycles. The third-order valence-corrected chi connectivity index (χ3v) is 3.96. The molecule has 0 radical (unpaired) electrons. The number of nitrogens with one attached hydrogen (secondary N) is 1. The van der Waals surface area contributed by atoms with Crippen molar-refractivity contribution in [3.05, 3.63) is 23.6 Å². The predicted octanol–water partition coefficient (Wildman–Crippen LogP) is 3.77. The van der Waals surface area contributed by atoms with E-state index in [2.05, 4.69) is 22.3 Å². The summed E-state index contributed by atoms with van der Waals surface area (Å²) in [6.07, 6.45) is 2.16. The fraction of sp³-hybridized carbons (Fsp3) is 0.529. The number of pyridine rings is 1. The molecule has 2 aromatic heterocycles. The highest BCUT2D eigenvalue weighted by Gasteiger charge is 2.23. The van der Waals surface area contributed by atoms with E-state index in [-0.39, 0.29) is 12.1 Å². The summed E-state index contributed by atoms with van der Waals surface area (Å²) in [4.78, 5) is 4.00. The molecule has 0 aromatic carbocycles. The quantitative estimate of drug-likeness (QED) is 0.875. The summed E-state index contributed by atoms with van der Waals surface area (Å²) in [5, 5.41) is 7.66. The number of halogens is 1. The highest BCUT2D eigenvalue weighted by Crippen LogP contribution is 2.33. The maximum absolute atomic E-state index is 14.4. The van der Waals surface area contributed by atoms with Crippen LogP contribution in [0.3, 0.4) is 0 Å². The Hall–Kier alpha value is -2.11. The molecule has 0 bridgehead atoms. The van der Waals surface area contributed by atoms with Gasteiger partial charge in [-0.25, -0.2) is 9.67 Å². The molecule has 1 aliphatic heterocycles. The lowest BCUT2D eigenvalue weighted by Gasteiger charge is -2.11. The van der Waals surface area contributed by atoms with E-state index < -0.39 is 5.95 Å². The van der Waals surface area contributed by atoms with Crippen LogP contribution < -0.4 is 10.1 Å². The van der Waals surface area contributed by atoms with E-state index in [1.165, 1.54) is 0 Å². The number of hydrogen-bond donors (Lipinski definition) is 1. The Kier molecular flexibility index (Phi) is 4.24. The average Bonchev–Trinajstić information content (AvgIpc) is 2.66. The highest BCUT2D eigenvalue weighted by atomic mass is 19.1. The fourth-order valence-corrected chi connectivity index (χ4v) is 2.86. The molecular formula is C17H23FN4O. The number of hydrogen-bond acceptors (Lipinski definition) is 4. The molecule has 1 N–H and O–H groups in total. The minimum Gasteiger partial charge on any atom is -0.475 e. The van der Waals surface area contributed by atoms with Gasteiger partial charge in [0.05, 0.1) is 11.7 Å². The van der Waals surface area contributed by atoms with E-state index in [9.17, 15) is 4.39 Å². The standard InChI is InChI=1S/C17H23FN4O/c1-10(2)19-14-8-7-13(16(18)20-14)15-12(4)17-22(21-15)9-5-6-11(3)23-17/h7-8,10-11H,5-6,9H2,1-4H3,(H,19,20)/t11-/m1/s1. The molecule has 5 nitrogen and oxygen atoms in total. The molecule has 6 heteroatoms. The third kappa shape index (κ3) is 3.16. The molecule has 0 amide bonds. The summed E-state index contributed by atoms with van der Waals surface area (Å²) in [6.45, 7) is 8.75. The SMILES string of the molecule is Cc1c(-c2ccc(NC(C)C)nc2F)nn2c1O[C@H](C)CCC2. The van der Waals surface area contributed by atoms with Gasteiger partial charge in [-0.15, -0.1) is 0 Å². The number of aromatic nitrogens is 3. The zero-order chi connectivity index (χ0) is 16.6. The summed E-state index contributed by atoms with van der Waals surface area (Å²) in [7, 11) is 0. The Bertz CT molecular complexity index is 711. The summed E-state index contributed by atoms with van der Waals surface area (Å²) in [6, 6.07) is 3.71. The first-order chi connectivity index (χ1) is 11.0. The van der Waals surface area contributed by atoms with Gasteiger partial charge in [-0.05, 0) is 52.7 Å². The van der Waals surface area contributed by atoms with Crippen molar-refractivity contribution >= 4 is 5.82 Å². The first-order valence-electron chi connectivity index (χ1n) is 8.13. The minimum atomic E-state index is -0.514. The summed E-state index contributed by atoms with van der Waals surface area (Å²) < 4.78 is 22.2. The molecule has 0 fully saturated rings. The molecule has 0 unspecified atom stereocenters. The molecule has 3 rings (SSSR count). The zero-order valence-corrected chi connectivity index (χ0v) is 14.1. The molecular weight excluding hydrogens is 295 g/mol. The molecule has 1 atom stereocenters. The topological polar surface area (TPSA) is 52.0 Å². The van der Waals surface area contributed by atoms with E-state index in [1.807, 2.05) is 25.5 Å². The van der Waals surface area contributed by atoms with Crippen molar-refractivity contribution in [1.29, 1.82) is 0 Å². The van der Waals surface area contributed by atoms with Crippen molar-refractivity contribution in [1.82, 2.24) is 14.8 Å². The van der Waals surface area contributed by atoms with Gasteiger partial charge >= 0.3 is 0 Å². The lowest BCUT2D eigenvalue weighted by atomic mass is 10.1. The first kappa shape index (κ1) is 15.8. The molecule has 0 spiro atoms. The van der Waals surface area contributed by atoms with Crippen molar-refractivity contribution in [3.63, 3.8) is 0 Å². The predicted molar refractivity (Wildman–Crippen MR) is 88.2 cm³/mol. The normalized spacial score (nSPS) is 17.6. The Morgan fingerprint density at radius 1 is 1.39 bits per heavy atom. The number of rotatable bonds is 3. The maximum atomic E-state index is 14.4. The third-order valence-electron chi connectivity index (χ3n) is 3.96. The zero-order valence-electron chi connectivity index (χ0n) is 14.1. The Labute approximate surface area is 135 Å². The van der Waals surface area contributed by atoms with Crippen LogP contribution in [0.1, 0.15) is 39.2 Å². The number of ether oxygens (including phenoxy) is 1. The smallest absolute Gasteiger partial charge is 0.224 e. The minimum absolute atomic E-state index is 0.153. The maximum Gasteiger partial charge on any atom is 0.224 e. The lowest BCUT2D eigenvalue weighted by Crippen LogP contribution is -2.11. The van der Waals surface area contributed by atoms with Gasteiger partial charge in [-0.3, -0.25) is 0 Å². The highest BCUT2D eigenvalue weighted by molar-refractivity contribution is 5.66. The van der Waals surface area contributed by atoms with Crippen molar-refractivity contribution in [3.8, 4) is 17.1 Å². The van der Waals surface area contributed by atoms with Gasteiger partial charge in [0, 0.05) is 18.2 Å². The van der Waals surface area contributed by atoms with Gasteiger partial charge < -0.3 is 10.1 Å². The molecule has 2 aromatic rings. The van der Waals surface area contributed by atoms with Crippen molar-refractivity contribution in [2.45, 2.75) is 59.2 Å². The number of fused-ring (bicyclic) bond motifs is 1. The van der Waals surface area contributed by atoms with Crippen LogP contribution in [0.25, 0.3) is 11.3 Å². The van der Waals surface area contributed by atoms with Gasteiger partial charge in [-0.2, -0.15) is 9.49 Å². The van der Waals surface area contributed by atoms with Crippen molar-refractivity contribution < 1.29 is 9.13 Å². The molecule has 0 saturated carbocycles. The fourth-order valence-electron chi connectivity index (χ4n) is 2.86. The van der Waals surface area contributed by atoms with Crippen LogP contribution in [0, 0.1) is 12.9 Å². The summed E-state index contributed by atoms with van der Waals surface area (Å²) >= 11 is 0. The van der Waals surface area contributed by atoms with Crippen LogP contribution in [0.4, 0.5) is 10.2 Å². The first-order valence-corrected chi connectivity index (χ1v) is 8.13. The Balaban J connectivity index is 1.98. The van der Waals surface area contributed by atoms with E-state index in [4.69, 9.17) is 4.74 Å². The van der Waals surface area contributed by atoms with Gasteiger partial charge in [-0.1, -0.05) is 0 Å². The summed E-state index contributed by atoms with van der Waals surface area (Å²) in [5.41, 5.74) is 1.88. The van der Waals surface area contributed by atoms with E-state index in [1.54, 1.807) is 12.1 Å². The second-order valence-electron chi connectivity index (χ2n) is 6.41. The van der Waals surface area contributed by atoms with Crippen molar-refractivity contribution in [2.24, 2.45) is 0 Å². The number of anilines is 1. The van der Waals surface area contributed by atoms with E-state index >= 15 is 0 Å². The molecule has 3 heterocycles. The van der Waals surface area contributed by atoms with Gasteiger partial charge in [0.25, 0.3) is 0 Å². The molecule has 0 aliphatic carbocycles. The monoisotopic (exact) mass is 318 g/mol. The Morgan fingerprint density at radius 3 is 2.87 bits per heavy atom. The van der Waals surface area contributed by atoms with Gasteiger partial charge in [0.15, 0.2) is 0 Å². The van der Waals surface area contributed by atoms with Gasteiger partial charge in [0.2, 0.25) is 11.8 Å².